The Morgan fingerprint density at radius 1 is 1.24 bits per heavy atom. The fourth-order valence-corrected chi connectivity index (χ4v) is 3.21. The van der Waals surface area contributed by atoms with E-state index >= 15 is 0 Å². The average Bonchev–Trinajstić information content (AvgIpc) is 3.29. The molecule has 2 heterocycles. The van der Waals surface area contributed by atoms with E-state index in [2.05, 4.69) is 10.1 Å². The predicted molar refractivity (Wildman–Crippen MR) is 96.1 cm³/mol. The van der Waals surface area contributed by atoms with Gasteiger partial charge in [0.2, 0.25) is 0 Å². The zero-order chi connectivity index (χ0) is 17.4. The van der Waals surface area contributed by atoms with Crippen LogP contribution in [-0.2, 0) is 11.8 Å². The van der Waals surface area contributed by atoms with Crippen LogP contribution in [0.25, 0.3) is 5.82 Å². The van der Waals surface area contributed by atoms with E-state index in [-0.39, 0.29) is 12.0 Å². The third-order valence-corrected chi connectivity index (χ3v) is 4.89. The van der Waals surface area contributed by atoms with Crippen molar-refractivity contribution in [2.45, 2.75) is 31.6 Å². The molecular formula is C19H19ClN4O. The number of pyridine rings is 1. The van der Waals surface area contributed by atoms with Gasteiger partial charge in [-0.15, -0.1) is 5.10 Å². The van der Waals surface area contributed by atoms with Gasteiger partial charge in [-0.1, -0.05) is 23.7 Å². The Morgan fingerprint density at radius 3 is 2.76 bits per heavy atom. The largest absolute Gasteiger partial charge is 0.395 e. The molecule has 1 fully saturated rings. The summed E-state index contributed by atoms with van der Waals surface area (Å²) in [5.74, 6) is 2.24. The molecule has 0 unspecified atom stereocenters. The van der Waals surface area contributed by atoms with Crippen molar-refractivity contribution < 1.29 is 5.11 Å². The minimum Gasteiger partial charge on any atom is -0.395 e. The fourth-order valence-electron chi connectivity index (χ4n) is 3.00. The van der Waals surface area contributed by atoms with Crippen LogP contribution in [0.3, 0.4) is 0 Å². The highest BCUT2D eigenvalue weighted by atomic mass is 35.5. The Bertz CT molecular complexity index is 917. The van der Waals surface area contributed by atoms with E-state index in [1.807, 2.05) is 43.3 Å². The van der Waals surface area contributed by atoms with Gasteiger partial charge in [-0.25, -0.2) is 9.97 Å². The lowest BCUT2D eigenvalue weighted by atomic mass is 10.1. The van der Waals surface area contributed by atoms with E-state index in [0.717, 1.165) is 35.6 Å². The minimum absolute atomic E-state index is 0.0775. The van der Waals surface area contributed by atoms with Crippen LogP contribution in [0, 0.1) is 6.92 Å². The molecule has 1 saturated carbocycles. The number of rotatable bonds is 5. The minimum atomic E-state index is -0.287. The monoisotopic (exact) mass is 354 g/mol. The molecule has 128 valence electrons. The fraction of sp³-hybridized carbons (Fsp3) is 0.316. The van der Waals surface area contributed by atoms with Crippen molar-refractivity contribution in [1.82, 2.24) is 19.7 Å². The van der Waals surface area contributed by atoms with Crippen molar-refractivity contribution >= 4 is 11.6 Å². The first-order valence-corrected chi connectivity index (χ1v) is 8.72. The molecular weight excluding hydrogens is 336 g/mol. The summed E-state index contributed by atoms with van der Waals surface area (Å²) < 4.78 is 1.79. The number of hydrogen-bond acceptors (Lipinski definition) is 4. The molecule has 4 rings (SSSR count). The second-order valence-electron chi connectivity index (χ2n) is 6.70. The van der Waals surface area contributed by atoms with E-state index in [1.165, 1.54) is 0 Å². The van der Waals surface area contributed by atoms with Gasteiger partial charge in [0.05, 0.1) is 12.0 Å². The highest BCUT2D eigenvalue weighted by molar-refractivity contribution is 6.30. The summed E-state index contributed by atoms with van der Waals surface area (Å²) >= 11 is 6.08. The van der Waals surface area contributed by atoms with Crippen molar-refractivity contribution in [1.29, 1.82) is 0 Å². The molecule has 5 nitrogen and oxygen atoms in total. The van der Waals surface area contributed by atoms with Crippen molar-refractivity contribution in [3.8, 4) is 5.82 Å². The molecule has 1 aliphatic carbocycles. The molecule has 2 aromatic heterocycles. The number of benzene rings is 1. The number of nitrogens with zero attached hydrogens (tertiary/aromatic N) is 4. The predicted octanol–water partition coefficient (Wildman–Crippen LogP) is 3.24. The molecule has 25 heavy (non-hydrogen) atoms. The van der Waals surface area contributed by atoms with E-state index in [9.17, 15) is 5.11 Å². The van der Waals surface area contributed by atoms with Gasteiger partial charge < -0.3 is 5.11 Å². The van der Waals surface area contributed by atoms with E-state index in [1.54, 1.807) is 10.9 Å². The summed E-state index contributed by atoms with van der Waals surface area (Å²) in [6.45, 7) is 2.10. The first-order valence-electron chi connectivity index (χ1n) is 8.34. The van der Waals surface area contributed by atoms with Crippen LogP contribution in [0.1, 0.15) is 35.6 Å². The first kappa shape index (κ1) is 16.2. The van der Waals surface area contributed by atoms with Crippen molar-refractivity contribution in [2.24, 2.45) is 0 Å². The van der Waals surface area contributed by atoms with Gasteiger partial charge >= 0.3 is 0 Å². The van der Waals surface area contributed by atoms with Crippen LogP contribution in [0.15, 0.2) is 42.6 Å². The number of aryl methyl sites for hydroxylation is 1. The van der Waals surface area contributed by atoms with Crippen molar-refractivity contribution in [3.05, 3.63) is 70.4 Å². The molecule has 6 heteroatoms. The summed E-state index contributed by atoms with van der Waals surface area (Å²) in [5.41, 5.74) is 1.88. The number of hydrogen-bond donors (Lipinski definition) is 1. The lowest BCUT2D eigenvalue weighted by molar-refractivity contribution is 0.248. The third-order valence-electron chi connectivity index (χ3n) is 4.65. The Balaban J connectivity index is 1.76. The highest BCUT2D eigenvalue weighted by Crippen LogP contribution is 2.47. The second-order valence-corrected chi connectivity index (χ2v) is 7.14. The maximum absolute atomic E-state index is 9.85. The van der Waals surface area contributed by atoms with Crippen LogP contribution >= 0.6 is 11.6 Å². The Hall–Kier alpha value is -2.24. The van der Waals surface area contributed by atoms with E-state index in [0.29, 0.717) is 17.3 Å². The molecule has 0 radical (unpaired) electrons. The maximum atomic E-state index is 9.85. The average molecular weight is 355 g/mol. The maximum Gasteiger partial charge on any atom is 0.155 e. The highest BCUT2D eigenvalue weighted by Gasteiger charge is 2.48. The molecule has 0 amide bonds. The normalized spacial score (nSPS) is 15.3. The smallest absolute Gasteiger partial charge is 0.155 e. The van der Waals surface area contributed by atoms with Gasteiger partial charge in [-0.3, -0.25) is 0 Å². The third kappa shape index (κ3) is 3.17. The summed E-state index contributed by atoms with van der Waals surface area (Å²) in [4.78, 5) is 9.19. The van der Waals surface area contributed by atoms with Crippen LogP contribution in [-0.4, -0.2) is 31.5 Å². The molecule has 1 N–H and O–H groups in total. The molecule has 1 aliphatic rings. The van der Waals surface area contributed by atoms with Crippen molar-refractivity contribution in [2.75, 3.05) is 6.61 Å². The number of aliphatic hydroxyl groups excluding tert-OH is 1. The molecule has 3 aromatic rings. The van der Waals surface area contributed by atoms with Crippen LogP contribution in [0.2, 0.25) is 5.02 Å². The topological polar surface area (TPSA) is 63.8 Å². The van der Waals surface area contributed by atoms with Crippen LogP contribution in [0.4, 0.5) is 0 Å². The molecule has 0 aliphatic heterocycles. The van der Waals surface area contributed by atoms with Gasteiger partial charge in [0.1, 0.15) is 5.82 Å². The second kappa shape index (κ2) is 6.24. The lowest BCUT2D eigenvalue weighted by Crippen LogP contribution is -2.19. The molecule has 0 atom stereocenters. The van der Waals surface area contributed by atoms with Crippen LogP contribution in [0.5, 0.6) is 0 Å². The first-order chi connectivity index (χ1) is 12.1. The quantitative estimate of drug-likeness (QED) is 0.764. The van der Waals surface area contributed by atoms with Gasteiger partial charge in [0, 0.05) is 17.6 Å². The summed E-state index contributed by atoms with van der Waals surface area (Å²) in [6.07, 6.45) is 4.20. The lowest BCUT2D eigenvalue weighted by Gasteiger charge is -2.12. The van der Waals surface area contributed by atoms with Gasteiger partial charge in [0.15, 0.2) is 11.6 Å². The van der Waals surface area contributed by atoms with E-state index in [4.69, 9.17) is 16.6 Å². The Morgan fingerprint density at radius 2 is 2.08 bits per heavy atom. The van der Waals surface area contributed by atoms with Gasteiger partial charge in [-0.2, -0.15) is 4.68 Å². The number of aromatic nitrogens is 4. The SMILES string of the molecule is Cc1ccnc(-n2nc(Cc3cccc(Cl)c3)nc2C2(CO)CC2)c1. The zero-order valence-corrected chi connectivity index (χ0v) is 14.7. The summed E-state index contributed by atoms with van der Waals surface area (Å²) in [6, 6.07) is 11.6. The Labute approximate surface area is 151 Å². The van der Waals surface area contributed by atoms with Crippen molar-refractivity contribution in [3.63, 3.8) is 0 Å². The van der Waals surface area contributed by atoms with E-state index < -0.39 is 0 Å². The molecule has 0 spiro atoms. The standard InChI is InChI=1S/C19H19ClN4O/c1-13-5-8-21-17(9-13)24-18(19(12-25)6-7-19)22-16(23-24)11-14-3-2-4-15(20)10-14/h2-5,8-10,25H,6-7,11-12H2,1H3. The molecule has 1 aromatic carbocycles. The Kier molecular flexibility index (Phi) is 4.06. The van der Waals surface area contributed by atoms with Crippen LogP contribution < -0.4 is 0 Å². The molecule has 0 saturated heterocycles. The summed E-state index contributed by atoms with van der Waals surface area (Å²) in [5, 5.41) is 15.2. The van der Waals surface area contributed by atoms with Gasteiger partial charge in [0.25, 0.3) is 0 Å². The zero-order valence-electron chi connectivity index (χ0n) is 14.0. The number of aliphatic hydroxyl groups is 1. The summed E-state index contributed by atoms with van der Waals surface area (Å²) in [7, 11) is 0. The number of halogens is 1. The van der Waals surface area contributed by atoms with Gasteiger partial charge in [-0.05, 0) is 55.2 Å². The molecule has 0 bridgehead atoms.